The molecule has 0 spiro atoms. The van der Waals surface area contributed by atoms with Gasteiger partial charge in [-0.15, -0.1) is 0 Å². The highest BCUT2D eigenvalue weighted by Crippen LogP contribution is 2.17. The summed E-state index contributed by atoms with van der Waals surface area (Å²) < 4.78 is 34.0. The molecule has 2 heterocycles. The summed E-state index contributed by atoms with van der Waals surface area (Å²) in [7, 11) is 0. The minimum absolute atomic E-state index is 0.0669. The molecular weight excluding hydrogens is 366 g/mol. The minimum atomic E-state index is -0.0669. The molecule has 160 valence electrons. The number of nitrogens with zero attached hydrogens (tertiary/aromatic N) is 1. The minimum Gasteiger partial charge on any atom is -0.493 e. The summed E-state index contributed by atoms with van der Waals surface area (Å²) in [6.45, 7) is 8.22. The highest BCUT2D eigenvalue weighted by Gasteiger charge is 2.10. The van der Waals surface area contributed by atoms with Crippen LogP contribution in [0.5, 0.6) is 5.75 Å². The third-order valence-corrected chi connectivity index (χ3v) is 3.96. The van der Waals surface area contributed by atoms with Gasteiger partial charge in [-0.25, -0.2) is 0 Å². The second kappa shape index (κ2) is 13.8. The van der Waals surface area contributed by atoms with Crippen LogP contribution in [-0.2, 0) is 36.9 Å². The molecule has 0 aromatic carbocycles. The Hall–Kier alpha value is -1.29. The number of hydrogen-bond donors (Lipinski definition) is 1. The summed E-state index contributed by atoms with van der Waals surface area (Å²) in [6, 6.07) is 3.71. The molecule has 1 N–H and O–H groups in total. The number of ether oxygens (including phenoxy) is 6. The highest BCUT2D eigenvalue weighted by molar-refractivity contribution is 5.27. The SMILES string of the molecule is C[C@H]1COCCOCCOC[C@H](C)OCc2cc(OCCCO)cc(n2)CO1. The van der Waals surface area contributed by atoms with Crippen LogP contribution in [0.3, 0.4) is 0 Å². The van der Waals surface area contributed by atoms with Crippen molar-refractivity contribution in [1.29, 1.82) is 0 Å². The Morgan fingerprint density at radius 3 is 2.00 bits per heavy atom. The van der Waals surface area contributed by atoms with E-state index in [1.165, 1.54) is 0 Å². The van der Waals surface area contributed by atoms with E-state index in [1.54, 1.807) is 0 Å². The Morgan fingerprint density at radius 1 is 0.929 bits per heavy atom. The van der Waals surface area contributed by atoms with Gasteiger partial charge >= 0.3 is 0 Å². The van der Waals surface area contributed by atoms with Crippen LogP contribution in [0.2, 0.25) is 0 Å². The zero-order chi connectivity index (χ0) is 20.0. The molecule has 28 heavy (non-hydrogen) atoms. The van der Waals surface area contributed by atoms with Gasteiger partial charge in [-0.3, -0.25) is 4.98 Å². The van der Waals surface area contributed by atoms with Crippen LogP contribution in [-0.4, -0.2) is 75.2 Å². The first-order valence-electron chi connectivity index (χ1n) is 9.87. The largest absolute Gasteiger partial charge is 0.493 e. The van der Waals surface area contributed by atoms with Gasteiger partial charge in [-0.1, -0.05) is 0 Å². The topological polar surface area (TPSA) is 88.5 Å². The molecule has 0 fully saturated rings. The number of aliphatic hydroxyl groups is 1. The lowest BCUT2D eigenvalue weighted by atomic mass is 10.3. The monoisotopic (exact) mass is 399 g/mol. The van der Waals surface area contributed by atoms with Gasteiger partial charge in [0.1, 0.15) is 5.75 Å². The van der Waals surface area contributed by atoms with Crippen LogP contribution >= 0.6 is 0 Å². The summed E-state index contributed by atoms with van der Waals surface area (Å²) in [6.07, 6.45) is 0.442. The molecule has 8 heteroatoms. The van der Waals surface area contributed by atoms with Gasteiger partial charge in [-0.2, -0.15) is 0 Å². The van der Waals surface area contributed by atoms with Crippen molar-refractivity contribution in [2.45, 2.75) is 45.7 Å². The first-order chi connectivity index (χ1) is 13.7. The number of aliphatic hydroxyl groups excluding tert-OH is 1. The van der Waals surface area contributed by atoms with E-state index in [4.69, 9.17) is 33.5 Å². The van der Waals surface area contributed by atoms with Crippen molar-refractivity contribution in [3.8, 4) is 5.75 Å². The lowest BCUT2D eigenvalue weighted by Gasteiger charge is -2.17. The molecule has 0 unspecified atom stereocenters. The molecule has 1 aliphatic rings. The van der Waals surface area contributed by atoms with Crippen molar-refractivity contribution in [1.82, 2.24) is 4.98 Å². The summed E-state index contributed by atoms with van der Waals surface area (Å²) in [5.74, 6) is 0.694. The second-order valence-electron chi connectivity index (χ2n) is 6.72. The van der Waals surface area contributed by atoms with Crippen LogP contribution in [0.4, 0.5) is 0 Å². The predicted molar refractivity (Wildman–Crippen MR) is 102 cm³/mol. The standard InChI is InChI=1S/C20H33NO7/c1-16-12-24-8-6-23-7-9-25-13-17(2)28-15-19-11-20(26-5-3-4-22)10-18(21-19)14-27-16/h10-11,16-17,22H,3-9,12-15H2,1-2H3/t16-,17-/m0/s1. The maximum absolute atomic E-state index is 8.94. The molecule has 8 nitrogen and oxygen atoms in total. The molecule has 2 atom stereocenters. The van der Waals surface area contributed by atoms with Crippen molar-refractivity contribution < 1.29 is 33.5 Å². The predicted octanol–water partition coefficient (Wildman–Crippen LogP) is 1.72. The number of aromatic nitrogens is 1. The van der Waals surface area contributed by atoms with Crippen LogP contribution in [0.1, 0.15) is 31.7 Å². The Bertz CT molecular complexity index is 505. The van der Waals surface area contributed by atoms with Gasteiger partial charge in [0.2, 0.25) is 0 Å². The maximum atomic E-state index is 8.94. The second-order valence-corrected chi connectivity index (χ2v) is 6.72. The third-order valence-electron chi connectivity index (χ3n) is 3.96. The third kappa shape index (κ3) is 9.77. The average Bonchev–Trinajstić information content (AvgIpc) is 2.69. The molecule has 1 aromatic rings. The fraction of sp³-hybridized carbons (Fsp3) is 0.750. The molecular formula is C20H33NO7. The van der Waals surface area contributed by atoms with E-state index in [1.807, 2.05) is 26.0 Å². The highest BCUT2D eigenvalue weighted by atomic mass is 16.6. The molecule has 2 rings (SSSR count). The molecule has 2 bridgehead atoms. The quantitative estimate of drug-likeness (QED) is 0.766. The lowest BCUT2D eigenvalue weighted by Crippen LogP contribution is -2.20. The van der Waals surface area contributed by atoms with E-state index < -0.39 is 0 Å². The zero-order valence-electron chi connectivity index (χ0n) is 16.9. The van der Waals surface area contributed by atoms with E-state index in [-0.39, 0.29) is 18.8 Å². The molecule has 0 saturated heterocycles. The summed E-state index contributed by atoms with van der Waals surface area (Å²) in [5, 5.41) is 8.94. The molecule has 1 aromatic heterocycles. The number of fused-ring (bicyclic) bond motifs is 2. The number of hydrogen-bond acceptors (Lipinski definition) is 8. The molecule has 0 amide bonds. The Labute approximate surface area is 167 Å². The van der Waals surface area contributed by atoms with Gasteiger partial charge in [-0.05, 0) is 13.8 Å². The van der Waals surface area contributed by atoms with Crippen LogP contribution in [0.15, 0.2) is 12.1 Å². The molecule has 0 radical (unpaired) electrons. The van der Waals surface area contributed by atoms with Crippen molar-refractivity contribution >= 4 is 0 Å². The van der Waals surface area contributed by atoms with Gasteiger partial charge < -0.3 is 33.5 Å². The van der Waals surface area contributed by atoms with Crippen molar-refractivity contribution in [3.63, 3.8) is 0 Å². The normalized spacial score (nSPS) is 23.5. The average molecular weight is 399 g/mol. The van der Waals surface area contributed by atoms with E-state index in [0.717, 1.165) is 11.4 Å². The summed E-state index contributed by atoms with van der Waals surface area (Å²) in [5.41, 5.74) is 1.53. The number of pyridine rings is 1. The van der Waals surface area contributed by atoms with Gasteiger partial charge in [0, 0.05) is 25.2 Å². The van der Waals surface area contributed by atoms with E-state index >= 15 is 0 Å². The Morgan fingerprint density at radius 2 is 1.46 bits per heavy atom. The van der Waals surface area contributed by atoms with Crippen molar-refractivity contribution in [2.75, 3.05) is 52.9 Å². The molecule has 0 saturated carbocycles. The van der Waals surface area contributed by atoms with E-state index in [2.05, 4.69) is 4.98 Å². The maximum Gasteiger partial charge on any atom is 0.123 e. The number of rotatable bonds is 4. The zero-order valence-corrected chi connectivity index (χ0v) is 16.9. The van der Waals surface area contributed by atoms with Crippen LogP contribution in [0.25, 0.3) is 0 Å². The van der Waals surface area contributed by atoms with Crippen molar-refractivity contribution in [3.05, 3.63) is 23.5 Å². The van der Waals surface area contributed by atoms with Crippen molar-refractivity contribution in [2.24, 2.45) is 0 Å². The van der Waals surface area contributed by atoms with Gasteiger partial charge in [0.05, 0.1) is 83.1 Å². The molecule has 1 aliphatic heterocycles. The Balaban J connectivity index is 2.02. The fourth-order valence-electron chi connectivity index (χ4n) is 2.49. The summed E-state index contributed by atoms with van der Waals surface area (Å²) in [4.78, 5) is 4.61. The molecule has 0 aliphatic carbocycles. The van der Waals surface area contributed by atoms with Gasteiger partial charge in [0.15, 0.2) is 0 Å². The van der Waals surface area contributed by atoms with Gasteiger partial charge in [0.25, 0.3) is 0 Å². The smallest absolute Gasteiger partial charge is 0.123 e. The lowest BCUT2D eigenvalue weighted by molar-refractivity contribution is -0.0481. The Kier molecular flexibility index (Phi) is 11.3. The summed E-state index contributed by atoms with van der Waals surface area (Å²) >= 11 is 0. The van der Waals surface area contributed by atoms with Crippen LogP contribution < -0.4 is 4.74 Å². The van der Waals surface area contributed by atoms with E-state index in [0.29, 0.717) is 71.6 Å². The van der Waals surface area contributed by atoms with Crippen LogP contribution in [0, 0.1) is 0 Å². The van der Waals surface area contributed by atoms with E-state index in [9.17, 15) is 0 Å². The first-order valence-corrected chi connectivity index (χ1v) is 9.87. The first kappa shape index (κ1) is 23.0. The fourth-order valence-corrected chi connectivity index (χ4v) is 2.49.